The topological polar surface area (TPSA) is 26.3 Å². The van der Waals surface area contributed by atoms with Crippen molar-refractivity contribution in [2.45, 2.75) is 40.5 Å². The van der Waals surface area contributed by atoms with Crippen molar-refractivity contribution in [2.24, 2.45) is 17.8 Å². The van der Waals surface area contributed by atoms with Gasteiger partial charge in [-0.15, -0.1) is 0 Å². The van der Waals surface area contributed by atoms with Crippen LogP contribution in [-0.4, -0.2) is 13.1 Å². The van der Waals surface area contributed by atoms with E-state index in [1.807, 2.05) is 0 Å². The molecule has 0 aliphatic rings. The maximum atomic E-state index is 10.1. The van der Waals surface area contributed by atoms with Gasteiger partial charge < -0.3 is 4.74 Å². The molecule has 0 aromatic carbocycles. The van der Waals surface area contributed by atoms with Gasteiger partial charge in [-0.1, -0.05) is 27.7 Å². The largest absolute Gasteiger partial charge is 0.468 e. The summed E-state index contributed by atoms with van der Waals surface area (Å²) in [6, 6.07) is 0. The normalized spacial score (nSPS) is 11.3. The van der Waals surface area contributed by atoms with Gasteiger partial charge in [0.15, 0.2) is 0 Å². The molecule has 0 atom stereocenters. The summed E-state index contributed by atoms with van der Waals surface area (Å²) in [6.07, 6.45) is 2.29. The Balaban J connectivity index is 3.79. The van der Waals surface area contributed by atoms with Crippen molar-refractivity contribution in [2.75, 3.05) is 6.61 Å². The van der Waals surface area contributed by atoms with Crippen molar-refractivity contribution in [3.63, 3.8) is 0 Å². The van der Waals surface area contributed by atoms with Gasteiger partial charge in [0, 0.05) is 0 Å². The minimum atomic E-state index is 0.533. The van der Waals surface area contributed by atoms with Crippen LogP contribution in [0.15, 0.2) is 0 Å². The first-order chi connectivity index (χ1) is 6.06. The standard InChI is InChI=1S/C11H22O2/c1-9(2)5-11(6-10(3)4)7-13-8-12/h8-11H,5-7H2,1-4H3. The summed E-state index contributed by atoms with van der Waals surface area (Å²) >= 11 is 0. The second-order valence-corrected chi connectivity index (χ2v) is 4.55. The van der Waals surface area contributed by atoms with Gasteiger partial charge in [-0.25, -0.2) is 0 Å². The lowest BCUT2D eigenvalue weighted by Gasteiger charge is -2.19. The van der Waals surface area contributed by atoms with E-state index in [0.717, 1.165) is 12.8 Å². The Morgan fingerprint density at radius 2 is 1.54 bits per heavy atom. The van der Waals surface area contributed by atoms with Gasteiger partial charge in [0.05, 0.1) is 6.61 Å². The minimum Gasteiger partial charge on any atom is -0.468 e. The summed E-state index contributed by atoms with van der Waals surface area (Å²) < 4.78 is 4.82. The quantitative estimate of drug-likeness (QED) is 0.571. The van der Waals surface area contributed by atoms with Crippen molar-refractivity contribution in [3.05, 3.63) is 0 Å². The zero-order valence-electron chi connectivity index (χ0n) is 9.25. The van der Waals surface area contributed by atoms with E-state index in [1.165, 1.54) is 0 Å². The highest BCUT2D eigenvalue weighted by molar-refractivity contribution is 5.36. The molecule has 0 aliphatic carbocycles. The Hall–Kier alpha value is -0.530. The van der Waals surface area contributed by atoms with E-state index in [0.29, 0.717) is 30.8 Å². The van der Waals surface area contributed by atoms with Crippen molar-refractivity contribution in [1.82, 2.24) is 0 Å². The van der Waals surface area contributed by atoms with E-state index in [1.54, 1.807) is 0 Å². The van der Waals surface area contributed by atoms with Gasteiger partial charge >= 0.3 is 0 Å². The number of hydrogen-bond acceptors (Lipinski definition) is 2. The number of carbonyl (C=O) groups is 1. The molecule has 78 valence electrons. The molecule has 0 heterocycles. The summed E-state index contributed by atoms with van der Waals surface area (Å²) in [5.74, 6) is 1.89. The number of carbonyl (C=O) groups excluding carboxylic acids is 1. The number of hydrogen-bond donors (Lipinski definition) is 0. The third-order valence-corrected chi connectivity index (χ3v) is 2.01. The molecular weight excluding hydrogens is 164 g/mol. The van der Waals surface area contributed by atoms with E-state index in [9.17, 15) is 4.79 Å². The molecule has 2 nitrogen and oxygen atoms in total. The van der Waals surface area contributed by atoms with Crippen LogP contribution >= 0.6 is 0 Å². The average Bonchev–Trinajstić information content (AvgIpc) is 1.98. The molecule has 13 heavy (non-hydrogen) atoms. The van der Waals surface area contributed by atoms with Crippen LogP contribution in [-0.2, 0) is 9.53 Å². The highest BCUT2D eigenvalue weighted by atomic mass is 16.5. The van der Waals surface area contributed by atoms with E-state index in [4.69, 9.17) is 4.74 Å². The molecule has 0 aromatic heterocycles. The zero-order valence-corrected chi connectivity index (χ0v) is 9.25. The monoisotopic (exact) mass is 186 g/mol. The predicted octanol–water partition coefficient (Wildman–Crippen LogP) is 2.87. The lowest BCUT2D eigenvalue weighted by Crippen LogP contribution is -2.14. The third kappa shape index (κ3) is 7.82. The predicted molar refractivity (Wildman–Crippen MR) is 54.4 cm³/mol. The maximum Gasteiger partial charge on any atom is 0.293 e. The van der Waals surface area contributed by atoms with E-state index < -0.39 is 0 Å². The molecule has 0 unspecified atom stereocenters. The molecule has 0 fully saturated rings. The first-order valence-corrected chi connectivity index (χ1v) is 5.11. The molecule has 0 radical (unpaired) electrons. The highest BCUT2D eigenvalue weighted by Crippen LogP contribution is 2.19. The van der Waals surface area contributed by atoms with Gasteiger partial charge in [0.25, 0.3) is 6.47 Å². The molecule has 0 saturated carbocycles. The van der Waals surface area contributed by atoms with Crippen LogP contribution in [0.2, 0.25) is 0 Å². The van der Waals surface area contributed by atoms with Crippen molar-refractivity contribution in [3.8, 4) is 0 Å². The smallest absolute Gasteiger partial charge is 0.293 e. The fraction of sp³-hybridized carbons (Fsp3) is 0.909. The lowest BCUT2D eigenvalue weighted by atomic mass is 9.90. The zero-order chi connectivity index (χ0) is 10.3. The molecule has 0 saturated heterocycles. The van der Waals surface area contributed by atoms with Gasteiger partial charge in [0.1, 0.15) is 0 Å². The van der Waals surface area contributed by atoms with E-state index in [2.05, 4.69) is 27.7 Å². The number of ether oxygens (including phenoxy) is 1. The van der Waals surface area contributed by atoms with Crippen molar-refractivity contribution in [1.29, 1.82) is 0 Å². The first-order valence-electron chi connectivity index (χ1n) is 5.11. The van der Waals surface area contributed by atoms with Crippen LogP contribution in [0.5, 0.6) is 0 Å². The highest BCUT2D eigenvalue weighted by Gasteiger charge is 2.13. The second-order valence-electron chi connectivity index (χ2n) is 4.55. The molecule has 0 aliphatic heterocycles. The Labute approximate surface area is 81.7 Å². The van der Waals surface area contributed by atoms with Gasteiger partial charge in [-0.2, -0.15) is 0 Å². The molecule has 2 heteroatoms. The molecule has 0 amide bonds. The molecule has 0 spiro atoms. The van der Waals surface area contributed by atoms with Crippen molar-refractivity contribution >= 4 is 6.47 Å². The molecule has 0 rings (SSSR count). The summed E-state index contributed by atoms with van der Waals surface area (Å²) in [4.78, 5) is 10.1. The van der Waals surface area contributed by atoms with Gasteiger partial charge in [-0.3, -0.25) is 4.79 Å². The van der Waals surface area contributed by atoms with Gasteiger partial charge in [-0.05, 0) is 30.6 Å². The van der Waals surface area contributed by atoms with Gasteiger partial charge in [0.2, 0.25) is 0 Å². The average molecular weight is 186 g/mol. The molecule has 0 N–H and O–H groups in total. The summed E-state index contributed by atoms with van der Waals surface area (Å²) in [6.45, 7) is 9.94. The maximum absolute atomic E-state index is 10.1. The first kappa shape index (κ1) is 12.5. The Morgan fingerprint density at radius 3 is 1.85 bits per heavy atom. The number of rotatable bonds is 7. The third-order valence-electron chi connectivity index (χ3n) is 2.01. The molecule has 0 bridgehead atoms. The van der Waals surface area contributed by atoms with E-state index in [-0.39, 0.29) is 0 Å². The van der Waals surface area contributed by atoms with Crippen LogP contribution in [0.25, 0.3) is 0 Å². The second kappa shape index (κ2) is 6.93. The van der Waals surface area contributed by atoms with Crippen LogP contribution in [0.4, 0.5) is 0 Å². The van der Waals surface area contributed by atoms with Crippen LogP contribution < -0.4 is 0 Å². The summed E-state index contributed by atoms with van der Waals surface area (Å²) in [5, 5.41) is 0. The fourth-order valence-electron chi connectivity index (χ4n) is 1.74. The fourth-order valence-corrected chi connectivity index (χ4v) is 1.74. The van der Waals surface area contributed by atoms with Crippen molar-refractivity contribution < 1.29 is 9.53 Å². The van der Waals surface area contributed by atoms with Crippen LogP contribution in [0.1, 0.15) is 40.5 Å². The Bertz CT molecular complexity index is 120. The molecular formula is C11H22O2. The summed E-state index contributed by atoms with van der Waals surface area (Å²) in [5.41, 5.74) is 0. The Morgan fingerprint density at radius 1 is 1.08 bits per heavy atom. The van der Waals surface area contributed by atoms with Crippen LogP contribution in [0.3, 0.4) is 0 Å². The lowest BCUT2D eigenvalue weighted by molar-refractivity contribution is -0.130. The summed E-state index contributed by atoms with van der Waals surface area (Å²) in [7, 11) is 0. The SMILES string of the molecule is CC(C)CC(COC=O)CC(C)C. The van der Waals surface area contributed by atoms with Crippen LogP contribution in [0, 0.1) is 17.8 Å². The Kier molecular flexibility index (Phi) is 6.65. The van der Waals surface area contributed by atoms with E-state index >= 15 is 0 Å². The molecule has 0 aromatic rings. The minimum absolute atomic E-state index is 0.533.